The van der Waals surface area contributed by atoms with Gasteiger partial charge in [0.25, 0.3) is 0 Å². The molecule has 2 rings (SSSR count). The van der Waals surface area contributed by atoms with E-state index in [1.54, 1.807) is 18.2 Å². The third-order valence-electron chi connectivity index (χ3n) is 2.34. The van der Waals surface area contributed by atoms with Crippen LogP contribution >= 0.6 is 0 Å². The lowest BCUT2D eigenvalue weighted by atomic mass is 9.80. The quantitative estimate of drug-likeness (QED) is 0.641. The second-order valence-electron chi connectivity index (χ2n) is 3.59. The van der Waals surface area contributed by atoms with E-state index in [4.69, 9.17) is 19.5 Å². The van der Waals surface area contributed by atoms with E-state index in [-0.39, 0.29) is 6.10 Å². The van der Waals surface area contributed by atoms with Crippen molar-refractivity contribution in [2.45, 2.75) is 12.7 Å². The summed E-state index contributed by atoms with van der Waals surface area (Å²) in [6.45, 7) is 1.79. The molecular weight excluding hydrogens is 195 g/mol. The number of ether oxygens (including phenoxy) is 2. The second kappa shape index (κ2) is 4.76. The summed E-state index contributed by atoms with van der Waals surface area (Å²) in [6, 6.07) is 7.07. The highest BCUT2D eigenvalue weighted by Gasteiger charge is 2.19. The van der Waals surface area contributed by atoms with E-state index in [0.29, 0.717) is 25.3 Å². The number of hydrogen-bond acceptors (Lipinski definition) is 4. The fraction of sp³-hybridized carbons (Fsp3) is 0.400. The summed E-state index contributed by atoms with van der Waals surface area (Å²) in [5.41, 5.74) is 1.42. The van der Waals surface area contributed by atoms with Crippen molar-refractivity contribution < 1.29 is 19.5 Å². The molecule has 2 N–H and O–H groups in total. The van der Waals surface area contributed by atoms with Gasteiger partial charge in [0.05, 0.1) is 19.8 Å². The fourth-order valence-corrected chi connectivity index (χ4v) is 1.37. The van der Waals surface area contributed by atoms with E-state index < -0.39 is 7.12 Å². The summed E-state index contributed by atoms with van der Waals surface area (Å²) in [5, 5.41) is 18.0. The Bertz CT molecular complexity index is 325. The molecule has 1 aromatic carbocycles. The highest BCUT2D eigenvalue weighted by molar-refractivity contribution is 6.58. The van der Waals surface area contributed by atoms with Crippen molar-refractivity contribution in [2.24, 2.45) is 0 Å². The van der Waals surface area contributed by atoms with Crippen molar-refractivity contribution in [1.82, 2.24) is 0 Å². The average Bonchev–Trinajstić information content (AvgIpc) is 2.16. The topological polar surface area (TPSA) is 58.9 Å². The van der Waals surface area contributed by atoms with Crippen LogP contribution in [0.1, 0.15) is 5.56 Å². The molecule has 1 aliphatic rings. The minimum absolute atomic E-state index is 0.188. The lowest BCUT2D eigenvalue weighted by Gasteiger charge is -2.26. The van der Waals surface area contributed by atoms with Gasteiger partial charge in [0.15, 0.2) is 0 Å². The molecular formula is C10H13BO4. The third kappa shape index (κ3) is 2.79. The van der Waals surface area contributed by atoms with Gasteiger partial charge in [-0.05, 0) is 11.0 Å². The zero-order valence-electron chi connectivity index (χ0n) is 8.30. The van der Waals surface area contributed by atoms with E-state index >= 15 is 0 Å². The molecule has 0 radical (unpaired) electrons. The molecule has 0 aliphatic carbocycles. The summed E-state index contributed by atoms with van der Waals surface area (Å²) >= 11 is 0. The van der Waals surface area contributed by atoms with Gasteiger partial charge in [0, 0.05) is 0 Å². The van der Waals surface area contributed by atoms with Crippen molar-refractivity contribution in [3.8, 4) is 0 Å². The van der Waals surface area contributed by atoms with E-state index in [0.717, 1.165) is 5.56 Å². The maximum absolute atomic E-state index is 8.98. The zero-order chi connectivity index (χ0) is 10.7. The van der Waals surface area contributed by atoms with Gasteiger partial charge in [-0.25, -0.2) is 0 Å². The first-order chi connectivity index (χ1) is 7.25. The highest BCUT2D eigenvalue weighted by Crippen LogP contribution is 2.09. The molecule has 5 heteroatoms. The zero-order valence-corrected chi connectivity index (χ0v) is 8.30. The predicted octanol–water partition coefficient (Wildman–Crippen LogP) is -0.718. The molecule has 4 nitrogen and oxygen atoms in total. The maximum Gasteiger partial charge on any atom is 0.488 e. The molecule has 0 bridgehead atoms. The van der Waals surface area contributed by atoms with Crippen LogP contribution in [0.5, 0.6) is 0 Å². The van der Waals surface area contributed by atoms with Crippen LogP contribution < -0.4 is 5.46 Å². The molecule has 1 heterocycles. The van der Waals surface area contributed by atoms with Crippen LogP contribution in [0.25, 0.3) is 0 Å². The van der Waals surface area contributed by atoms with Crippen LogP contribution in [0.15, 0.2) is 24.3 Å². The van der Waals surface area contributed by atoms with Gasteiger partial charge in [-0.15, -0.1) is 0 Å². The first-order valence-corrected chi connectivity index (χ1v) is 4.90. The molecule has 0 unspecified atom stereocenters. The van der Waals surface area contributed by atoms with Crippen LogP contribution in [0.4, 0.5) is 0 Å². The van der Waals surface area contributed by atoms with Crippen molar-refractivity contribution in [3.05, 3.63) is 29.8 Å². The molecule has 80 valence electrons. The molecule has 0 atom stereocenters. The van der Waals surface area contributed by atoms with Crippen molar-refractivity contribution in [2.75, 3.05) is 13.2 Å². The smallest absolute Gasteiger partial charge is 0.423 e. The van der Waals surface area contributed by atoms with Crippen LogP contribution in [0.3, 0.4) is 0 Å². The monoisotopic (exact) mass is 208 g/mol. The van der Waals surface area contributed by atoms with E-state index in [9.17, 15) is 0 Å². The summed E-state index contributed by atoms with van der Waals surface area (Å²) in [4.78, 5) is 0. The van der Waals surface area contributed by atoms with Gasteiger partial charge in [-0.1, -0.05) is 24.3 Å². The average molecular weight is 208 g/mol. The Hall–Kier alpha value is -0.875. The molecule has 1 aliphatic heterocycles. The molecule has 1 aromatic rings. The summed E-state index contributed by atoms with van der Waals surface area (Å²) < 4.78 is 10.5. The first kappa shape index (κ1) is 10.6. The van der Waals surface area contributed by atoms with Gasteiger partial charge < -0.3 is 19.5 Å². The Labute approximate surface area is 88.6 Å². The normalized spacial score (nSPS) is 16.1. The number of benzene rings is 1. The minimum Gasteiger partial charge on any atom is -0.423 e. The van der Waals surface area contributed by atoms with Gasteiger partial charge in [-0.2, -0.15) is 0 Å². The van der Waals surface area contributed by atoms with Crippen LogP contribution in [0.2, 0.25) is 0 Å². The Balaban J connectivity index is 1.92. The van der Waals surface area contributed by atoms with Crippen molar-refractivity contribution >= 4 is 12.6 Å². The summed E-state index contributed by atoms with van der Waals surface area (Å²) in [5.74, 6) is 0. The van der Waals surface area contributed by atoms with Crippen LogP contribution in [-0.2, 0) is 16.1 Å². The minimum atomic E-state index is -1.42. The molecule has 0 saturated carbocycles. The SMILES string of the molecule is OB(O)c1cccc(COC2COC2)c1. The first-order valence-electron chi connectivity index (χ1n) is 4.90. The van der Waals surface area contributed by atoms with Gasteiger partial charge in [0.2, 0.25) is 0 Å². The second-order valence-corrected chi connectivity index (χ2v) is 3.59. The molecule has 0 spiro atoms. The Morgan fingerprint density at radius 1 is 1.40 bits per heavy atom. The van der Waals surface area contributed by atoms with E-state index in [2.05, 4.69) is 0 Å². The van der Waals surface area contributed by atoms with Crippen LogP contribution in [-0.4, -0.2) is 36.5 Å². The molecule has 15 heavy (non-hydrogen) atoms. The Morgan fingerprint density at radius 3 is 2.80 bits per heavy atom. The summed E-state index contributed by atoms with van der Waals surface area (Å²) in [6.07, 6.45) is 0.188. The Morgan fingerprint density at radius 2 is 2.20 bits per heavy atom. The van der Waals surface area contributed by atoms with Crippen LogP contribution in [0, 0.1) is 0 Å². The molecule has 0 amide bonds. The number of rotatable bonds is 4. The Kier molecular flexibility index (Phi) is 3.38. The molecule has 1 fully saturated rings. The summed E-state index contributed by atoms with van der Waals surface area (Å²) in [7, 11) is -1.42. The molecule has 1 saturated heterocycles. The van der Waals surface area contributed by atoms with E-state index in [1.807, 2.05) is 6.07 Å². The maximum atomic E-state index is 8.98. The van der Waals surface area contributed by atoms with Gasteiger partial charge in [0.1, 0.15) is 6.10 Å². The van der Waals surface area contributed by atoms with Crippen molar-refractivity contribution in [1.29, 1.82) is 0 Å². The highest BCUT2D eigenvalue weighted by atomic mass is 16.6. The lowest BCUT2D eigenvalue weighted by molar-refractivity contribution is -0.135. The standard InChI is InChI=1S/C10H13BO4/c12-11(13)9-3-1-2-8(4-9)5-15-10-6-14-7-10/h1-4,10,12-13H,5-7H2. The lowest BCUT2D eigenvalue weighted by Crippen LogP contribution is -2.36. The predicted molar refractivity (Wildman–Crippen MR) is 55.7 cm³/mol. The molecule has 0 aromatic heterocycles. The van der Waals surface area contributed by atoms with E-state index in [1.165, 1.54) is 0 Å². The van der Waals surface area contributed by atoms with Gasteiger partial charge >= 0.3 is 7.12 Å². The largest absolute Gasteiger partial charge is 0.488 e. The third-order valence-corrected chi connectivity index (χ3v) is 2.34. The number of hydrogen-bond donors (Lipinski definition) is 2. The van der Waals surface area contributed by atoms with Gasteiger partial charge in [-0.3, -0.25) is 0 Å². The van der Waals surface area contributed by atoms with Crippen molar-refractivity contribution in [3.63, 3.8) is 0 Å². The fourth-order valence-electron chi connectivity index (χ4n) is 1.37.